The van der Waals surface area contributed by atoms with Gasteiger partial charge in [-0.05, 0) is 45.8 Å². The van der Waals surface area contributed by atoms with E-state index in [9.17, 15) is 13.2 Å². The summed E-state index contributed by atoms with van der Waals surface area (Å²) >= 11 is 15.1. The third kappa shape index (κ3) is 5.97. The summed E-state index contributed by atoms with van der Waals surface area (Å²) in [4.78, 5) is 12.2. The van der Waals surface area contributed by atoms with Gasteiger partial charge in [-0.1, -0.05) is 41.4 Å². The molecule has 1 amide bonds. The number of anilines is 1. The largest absolute Gasteiger partial charge is 0.324 e. The SMILES string of the molecule is CS(=O)(=O)N(CC(=O)Nc1ccccc1Br)Cc1ccc(Cl)c(Cl)c1. The van der Waals surface area contributed by atoms with Crippen LogP contribution in [0.5, 0.6) is 0 Å². The number of nitrogens with one attached hydrogen (secondary N) is 1. The zero-order valence-electron chi connectivity index (χ0n) is 13.2. The summed E-state index contributed by atoms with van der Waals surface area (Å²) in [5.41, 5.74) is 1.20. The van der Waals surface area contributed by atoms with Crippen molar-refractivity contribution in [2.24, 2.45) is 0 Å². The van der Waals surface area contributed by atoms with Crippen LogP contribution in [0.1, 0.15) is 5.56 Å². The third-order valence-electron chi connectivity index (χ3n) is 3.28. The van der Waals surface area contributed by atoms with Crippen LogP contribution in [-0.2, 0) is 21.4 Å². The van der Waals surface area contributed by atoms with Gasteiger partial charge in [0.2, 0.25) is 15.9 Å². The lowest BCUT2D eigenvalue weighted by Crippen LogP contribution is -2.36. The number of amides is 1. The molecule has 5 nitrogen and oxygen atoms in total. The van der Waals surface area contributed by atoms with E-state index < -0.39 is 15.9 Å². The number of nitrogens with zero attached hydrogens (tertiary/aromatic N) is 1. The molecule has 2 aromatic carbocycles. The summed E-state index contributed by atoms with van der Waals surface area (Å²) in [6, 6.07) is 11.9. The van der Waals surface area contributed by atoms with Crippen molar-refractivity contribution in [2.45, 2.75) is 6.54 Å². The van der Waals surface area contributed by atoms with Crippen molar-refractivity contribution in [1.82, 2.24) is 4.31 Å². The average Bonchev–Trinajstić information content (AvgIpc) is 2.51. The molecule has 0 aliphatic carbocycles. The minimum absolute atomic E-state index is 0.0130. The van der Waals surface area contributed by atoms with Crippen molar-refractivity contribution >= 4 is 60.7 Å². The summed E-state index contributed by atoms with van der Waals surface area (Å²) in [5, 5.41) is 3.38. The monoisotopic (exact) mass is 464 g/mol. The van der Waals surface area contributed by atoms with E-state index in [2.05, 4.69) is 21.2 Å². The lowest BCUT2D eigenvalue weighted by atomic mass is 10.2. The van der Waals surface area contributed by atoms with E-state index in [1.807, 2.05) is 6.07 Å². The first kappa shape index (κ1) is 20.2. The van der Waals surface area contributed by atoms with Crippen LogP contribution in [0.3, 0.4) is 0 Å². The molecular formula is C16H15BrCl2N2O3S. The second-order valence-corrected chi connectivity index (χ2v) is 8.96. The van der Waals surface area contributed by atoms with Gasteiger partial charge in [0.25, 0.3) is 0 Å². The minimum Gasteiger partial charge on any atom is -0.324 e. The molecule has 0 heterocycles. The van der Waals surface area contributed by atoms with E-state index in [1.54, 1.807) is 36.4 Å². The highest BCUT2D eigenvalue weighted by Crippen LogP contribution is 2.24. The molecule has 0 bridgehead atoms. The Bertz CT molecular complexity index is 891. The molecule has 1 N–H and O–H groups in total. The van der Waals surface area contributed by atoms with Crippen LogP contribution in [0.2, 0.25) is 10.0 Å². The van der Waals surface area contributed by atoms with E-state index in [4.69, 9.17) is 23.2 Å². The number of halogens is 3. The Morgan fingerprint density at radius 2 is 1.84 bits per heavy atom. The summed E-state index contributed by atoms with van der Waals surface area (Å²) in [5.74, 6) is -0.447. The number of carbonyl (C=O) groups is 1. The molecule has 0 aliphatic heterocycles. The fourth-order valence-electron chi connectivity index (χ4n) is 2.04. The molecule has 0 aromatic heterocycles. The number of benzene rings is 2. The number of para-hydroxylation sites is 1. The van der Waals surface area contributed by atoms with Crippen molar-refractivity contribution in [1.29, 1.82) is 0 Å². The molecule has 0 atom stereocenters. The smallest absolute Gasteiger partial charge is 0.239 e. The first-order valence-corrected chi connectivity index (χ1v) is 10.5. The van der Waals surface area contributed by atoms with E-state index >= 15 is 0 Å². The van der Waals surface area contributed by atoms with Crippen molar-refractivity contribution in [3.8, 4) is 0 Å². The minimum atomic E-state index is -3.60. The van der Waals surface area contributed by atoms with Gasteiger partial charge in [-0.3, -0.25) is 4.79 Å². The van der Waals surface area contributed by atoms with Gasteiger partial charge < -0.3 is 5.32 Å². The Balaban J connectivity index is 2.14. The highest BCUT2D eigenvalue weighted by molar-refractivity contribution is 9.10. The van der Waals surface area contributed by atoms with Gasteiger partial charge in [0.15, 0.2) is 0 Å². The summed E-state index contributed by atoms with van der Waals surface area (Å²) in [6.45, 7) is -0.306. The van der Waals surface area contributed by atoms with Gasteiger partial charge in [-0.15, -0.1) is 0 Å². The van der Waals surface area contributed by atoms with Crippen molar-refractivity contribution < 1.29 is 13.2 Å². The molecule has 0 radical (unpaired) electrons. The lowest BCUT2D eigenvalue weighted by Gasteiger charge is -2.20. The van der Waals surface area contributed by atoms with Gasteiger partial charge in [-0.25, -0.2) is 8.42 Å². The van der Waals surface area contributed by atoms with Crippen molar-refractivity contribution in [3.05, 3.63) is 62.5 Å². The summed E-state index contributed by atoms with van der Waals surface area (Å²) < 4.78 is 25.8. The molecule has 9 heteroatoms. The van der Waals surface area contributed by atoms with Gasteiger partial charge in [0.05, 0.1) is 28.5 Å². The fourth-order valence-corrected chi connectivity index (χ4v) is 3.48. The highest BCUT2D eigenvalue weighted by Gasteiger charge is 2.21. The maximum absolute atomic E-state index is 12.2. The number of rotatable bonds is 6. The van der Waals surface area contributed by atoms with Gasteiger partial charge in [0, 0.05) is 11.0 Å². The van der Waals surface area contributed by atoms with Crippen molar-refractivity contribution in [3.63, 3.8) is 0 Å². The Labute approximate surface area is 165 Å². The summed E-state index contributed by atoms with van der Waals surface area (Å²) in [6.07, 6.45) is 1.05. The molecule has 134 valence electrons. The molecule has 0 unspecified atom stereocenters. The Hall–Kier alpha value is -1.12. The molecule has 2 rings (SSSR count). The number of sulfonamides is 1. The van der Waals surface area contributed by atoms with Crippen LogP contribution in [-0.4, -0.2) is 31.4 Å². The predicted molar refractivity (Wildman–Crippen MR) is 104 cm³/mol. The number of hydrogen-bond acceptors (Lipinski definition) is 3. The van der Waals surface area contributed by atoms with E-state index in [1.165, 1.54) is 0 Å². The maximum Gasteiger partial charge on any atom is 0.239 e. The van der Waals surface area contributed by atoms with E-state index in [0.717, 1.165) is 10.6 Å². The zero-order chi connectivity index (χ0) is 18.6. The van der Waals surface area contributed by atoms with Crippen LogP contribution >= 0.6 is 39.1 Å². The molecule has 2 aromatic rings. The lowest BCUT2D eigenvalue weighted by molar-refractivity contribution is -0.116. The van der Waals surface area contributed by atoms with Crippen LogP contribution in [0.15, 0.2) is 46.9 Å². The Morgan fingerprint density at radius 3 is 2.44 bits per heavy atom. The Kier molecular flexibility index (Phi) is 6.87. The quantitative estimate of drug-likeness (QED) is 0.696. The third-order valence-corrected chi connectivity index (χ3v) is 5.91. The zero-order valence-corrected chi connectivity index (χ0v) is 17.1. The standard InChI is InChI=1S/C16H15BrCl2N2O3S/c1-25(23,24)21(9-11-6-7-13(18)14(19)8-11)10-16(22)20-15-5-3-2-4-12(15)17/h2-8H,9-10H2,1H3,(H,20,22). The molecular weight excluding hydrogens is 451 g/mol. The number of hydrogen-bond donors (Lipinski definition) is 1. The molecule has 0 saturated heterocycles. The maximum atomic E-state index is 12.2. The molecule has 0 saturated carbocycles. The van der Waals surface area contributed by atoms with Gasteiger partial charge in [-0.2, -0.15) is 4.31 Å². The van der Waals surface area contributed by atoms with Crippen molar-refractivity contribution in [2.75, 3.05) is 18.1 Å². The van der Waals surface area contributed by atoms with Crippen LogP contribution in [0.25, 0.3) is 0 Å². The second-order valence-electron chi connectivity index (χ2n) is 5.31. The summed E-state index contributed by atoms with van der Waals surface area (Å²) in [7, 11) is -3.60. The van der Waals surface area contributed by atoms with Crippen LogP contribution < -0.4 is 5.32 Å². The first-order valence-electron chi connectivity index (χ1n) is 7.10. The fraction of sp³-hybridized carbons (Fsp3) is 0.188. The van der Waals surface area contributed by atoms with E-state index in [0.29, 0.717) is 25.8 Å². The molecule has 25 heavy (non-hydrogen) atoms. The average molecular weight is 466 g/mol. The molecule has 0 aliphatic rings. The predicted octanol–water partition coefficient (Wildman–Crippen LogP) is 4.16. The molecule has 0 fully saturated rings. The van der Waals surface area contributed by atoms with Crippen LogP contribution in [0.4, 0.5) is 5.69 Å². The topological polar surface area (TPSA) is 66.5 Å². The highest BCUT2D eigenvalue weighted by atomic mass is 79.9. The molecule has 0 spiro atoms. The first-order chi connectivity index (χ1) is 11.7. The second kappa shape index (κ2) is 8.51. The van der Waals surface area contributed by atoms with Gasteiger partial charge >= 0.3 is 0 Å². The number of carbonyl (C=O) groups excluding carboxylic acids is 1. The Morgan fingerprint density at radius 1 is 1.16 bits per heavy atom. The van der Waals surface area contributed by atoms with Gasteiger partial charge in [0.1, 0.15) is 0 Å². The normalized spacial score (nSPS) is 11.6. The van der Waals surface area contributed by atoms with Crippen LogP contribution in [0, 0.1) is 0 Å². The van der Waals surface area contributed by atoms with E-state index in [-0.39, 0.29) is 13.1 Å².